The molecule has 5 unspecified atom stereocenters. The highest BCUT2D eigenvalue weighted by Crippen LogP contribution is 2.61. The average Bonchev–Trinajstić information content (AvgIpc) is 3.12. The highest BCUT2D eigenvalue weighted by molar-refractivity contribution is 5.61. The van der Waals surface area contributed by atoms with Crippen LogP contribution in [0.2, 0.25) is 0 Å². The summed E-state index contributed by atoms with van der Waals surface area (Å²) >= 11 is 0. The van der Waals surface area contributed by atoms with E-state index in [0.717, 1.165) is 12.8 Å². The standard InChI is InChI=1S/C15H22F4O3.C5H12O/c1-12(2,3)21-11(20)22-13(4,15(17,18)19)14(16)8-9-5-6-10(14)7-9;1-4-5(2)6-3/h9-10H,5-8H2,1-4H3;5H,4H2,1-3H3. The van der Waals surface area contributed by atoms with Crippen molar-refractivity contribution < 1.29 is 36.6 Å². The van der Waals surface area contributed by atoms with Crippen LogP contribution < -0.4 is 0 Å². The first-order chi connectivity index (χ1) is 12.6. The van der Waals surface area contributed by atoms with Crippen molar-refractivity contribution >= 4 is 6.16 Å². The van der Waals surface area contributed by atoms with Crippen LogP contribution in [-0.2, 0) is 14.2 Å². The van der Waals surface area contributed by atoms with Gasteiger partial charge in [-0.3, -0.25) is 0 Å². The van der Waals surface area contributed by atoms with Crippen LogP contribution in [0.15, 0.2) is 0 Å². The van der Waals surface area contributed by atoms with E-state index >= 15 is 4.39 Å². The number of methoxy groups -OCH3 is 1. The van der Waals surface area contributed by atoms with Crippen LogP contribution in [0.5, 0.6) is 0 Å². The summed E-state index contributed by atoms with van der Waals surface area (Å²) in [4.78, 5) is 11.7. The smallest absolute Gasteiger partial charge is 0.429 e. The summed E-state index contributed by atoms with van der Waals surface area (Å²) in [6.45, 7) is 9.29. The maximum Gasteiger partial charge on any atom is 0.509 e. The van der Waals surface area contributed by atoms with Crippen LogP contribution in [0.25, 0.3) is 0 Å². The molecule has 0 N–H and O–H groups in total. The van der Waals surface area contributed by atoms with Crippen LogP contribution in [0.4, 0.5) is 22.4 Å². The third-order valence-electron chi connectivity index (χ3n) is 5.76. The second kappa shape index (κ2) is 8.76. The minimum atomic E-state index is -5.01. The first-order valence-corrected chi connectivity index (χ1v) is 9.80. The molecule has 2 aliphatic rings. The molecule has 2 rings (SSSR count). The van der Waals surface area contributed by atoms with Crippen molar-refractivity contribution in [2.24, 2.45) is 11.8 Å². The first-order valence-electron chi connectivity index (χ1n) is 9.80. The quantitative estimate of drug-likeness (QED) is 0.405. The number of rotatable bonds is 4. The summed E-state index contributed by atoms with van der Waals surface area (Å²) in [6.07, 6.45) is -3.64. The molecule has 2 bridgehead atoms. The first kappa shape index (κ1) is 25.0. The Balaban J connectivity index is 0.000000568. The van der Waals surface area contributed by atoms with E-state index in [1.165, 1.54) is 20.8 Å². The van der Waals surface area contributed by atoms with Crippen molar-refractivity contribution in [3.8, 4) is 0 Å². The van der Waals surface area contributed by atoms with Gasteiger partial charge in [-0.25, -0.2) is 9.18 Å². The predicted molar refractivity (Wildman–Crippen MR) is 97.8 cm³/mol. The van der Waals surface area contributed by atoms with E-state index in [0.29, 0.717) is 25.9 Å². The molecule has 0 spiro atoms. The van der Waals surface area contributed by atoms with Crippen molar-refractivity contribution in [2.45, 2.75) is 103 Å². The Hall–Kier alpha value is -1.05. The Morgan fingerprint density at radius 1 is 1.14 bits per heavy atom. The monoisotopic (exact) mass is 414 g/mol. The molecule has 0 amide bonds. The molecule has 2 aliphatic carbocycles. The van der Waals surface area contributed by atoms with E-state index in [1.807, 2.05) is 0 Å². The largest absolute Gasteiger partial charge is 0.509 e. The van der Waals surface area contributed by atoms with Gasteiger partial charge >= 0.3 is 12.3 Å². The summed E-state index contributed by atoms with van der Waals surface area (Å²) in [6, 6.07) is 0. The number of alkyl halides is 4. The van der Waals surface area contributed by atoms with Gasteiger partial charge in [0.1, 0.15) is 5.60 Å². The minimum absolute atomic E-state index is 0.0705. The molecule has 0 heterocycles. The lowest BCUT2D eigenvalue weighted by molar-refractivity contribution is -0.308. The number of hydrogen-bond acceptors (Lipinski definition) is 4. The van der Waals surface area contributed by atoms with E-state index in [9.17, 15) is 18.0 Å². The summed E-state index contributed by atoms with van der Waals surface area (Å²) in [5.74, 6) is -0.800. The number of carbonyl (C=O) groups excluding carboxylic acids is 1. The van der Waals surface area contributed by atoms with Crippen LogP contribution in [0.1, 0.15) is 73.6 Å². The number of carbonyl (C=O) groups is 1. The zero-order valence-electron chi connectivity index (χ0n) is 17.9. The lowest BCUT2D eigenvalue weighted by atomic mass is 9.73. The summed E-state index contributed by atoms with van der Waals surface area (Å²) in [7, 11) is 1.73. The van der Waals surface area contributed by atoms with E-state index in [-0.39, 0.29) is 12.3 Å². The fourth-order valence-electron chi connectivity index (χ4n) is 3.83. The summed E-state index contributed by atoms with van der Waals surface area (Å²) < 4.78 is 70.2. The maximum absolute atomic E-state index is 15.3. The van der Waals surface area contributed by atoms with Gasteiger partial charge < -0.3 is 14.2 Å². The Morgan fingerprint density at radius 2 is 1.71 bits per heavy atom. The van der Waals surface area contributed by atoms with E-state index < -0.39 is 35.1 Å². The van der Waals surface area contributed by atoms with Crippen molar-refractivity contribution in [3.05, 3.63) is 0 Å². The molecule has 0 aliphatic heterocycles. The van der Waals surface area contributed by atoms with Crippen molar-refractivity contribution in [3.63, 3.8) is 0 Å². The van der Waals surface area contributed by atoms with Crippen molar-refractivity contribution in [1.29, 1.82) is 0 Å². The third-order valence-corrected chi connectivity index (χ3v) is 5.76. The fourth-order valence-corrected chi connectivity index (χ4v) is 3.83. The maximum atomic E-state index is 15.3. The Labute approximate surface area is 165 Å². The molecule has 0 aromatic carbocycles. The van der Waals surface area contributed by atoms with Crippen LogP contribution in [-0.4, -0.2) is 42.4 Å². The normalized spacial score (nSPS) is 30.1. The van der Waals surface area contributed by atoms with Gasteiger partial charge in [-0.1, -0.05) is 6.92 Å². The number of fused-ring (bicyclic) bond motifs is 2. The molecule has 0 aromatic heterocycles. The lowest BCUT2D eigenvalue weighted by Crippen LogP contribution is -2.63. The molecule has 4 nitrogen and oxygen atoms in total. The van der Waals surface area contributed by atoms with Gasteiger partial charge in [0, 0.05) is 7.11 Å². The molecule has 28 heavy (non-hydrogen) atoms. The summed E-state index contributed by atoms with van der Waals surface area (Å²) in [5, 5.41) is 0. The van der Waals surface area contributed by atoms with Crippen molar-refractivity contribution in [1.82, 2.24) is 0 Å². The van der Waals surface area contributed by atoms with Crippen LogP contribution in [0, 0.1) is 11.8 Å². The Morgan fingerprint density at radius 3 is 2.00 bits per heavy atom. The SMILES string of the molecule is CC(C)(C)OC(=O)OC(C)(C(F)(F)F)C1(F)CC2CCC1C2.CCC(C)OC. The van der Waals surface area contributed by atoms with E-state index in [2.05, 4.69) is 18.6 Å². The fraction of sp³-hybridized carbons (Fsp3) is 0.950. The molecule has 5 atom stereocenters. The Bertz CT molecular complexity index is 527. The van der Waals surface area contributed by atoms with Gasteiger partial charge in [-0.05, 0) is 78.6 Å². The van der Waals surface area contributed by atoms with E-state index in [4.69, 9.17) is 9.47 Å². The zero-order chi connectivity index (χ0) is 22.0. The van der Waals surface area contributed by atoms with Gasteiger partial charge in [0.15, 0.2) is 5.67 Å². The van der Waals surface area contributed by atoms with Gasteiger partial charge in [-0.2, -0.15) is 13.2 Å². The van der Waals surface area contributed by atoms with Gasteiger partial charge in [0.05, 0.1) is 6.10 Å². The molecule has 8 heteroatoms. The van der Waals surface area contributed by atoms with Crippen LogP contribution >= 0.6 is 0 Å². The third kappa shape index (κ3) is 5.51. The highest BCUT2D eigenvalue weighted by atomic mass is 19.4. The second-order valence-electron chi connectivity index (χ2n) is 8.99. The van der Waals surface area contributed by atoms with Gasteiger partial charge in [-0.15, -0.1) is 0 Å². The molecule has 0 aromatic rings. The Kier molecular flexibility index (Phi) is 7.81. The van der Waals surface area contributed by atoms with Gasteiger partial charge in [0.2, 0.25) is 5.60 Å². The number of hydrogen-bond donors (Lipinski definition) is 0. The topological polar surface area (TPSA) is 44.8 Å². The molecular formula is C20H34F4O4. The predicted octanol–water partition coefficient (Wildman–Crippen LogP) is 6.22. The number of halogens is 4. The molecule has 166 valence electrons. The molecular weight excluding hydrogens is 380 g/mol. The highest BCUT2D eigenvalue weighted by Gasteiger charge is 2.73. The van der Waals surface area contributed by atoms with E-state index in [1.54, 1.807) is 7.11 Å². The molecule has 2 fully saturated rings. The summed E-state index contributed by atoms with van der Waals surface area (Å²) in [5.41, 5.74) is -6.80. The van der Waals surface area contributed by atoms with Crippen LogP contribution in [0.3, 0.4) is 0 Å². The molecule has 0 radical (unpaired) electrons. The second-order valence-corrected chi connectivity index (χ2v) is 8.99. The molecule has 0 saturated heterocycles. The minimum Gasteiger partial charge on any atom is -0.429 e. The lowest BCUT2D eigenvalue weighted by Gasteiger charge is -2.45. The van der Waals surface area contributed by atoms with Gasteiger partial charge in [0.25, 0.3) is 0 Å². The van der Waals surface area contributed by atoms with Crippen molar-refractivity contribution in [2.75, 3.05) is 7.11 Å². The molecule has 2 saturated carbocycles. The number of ether oxygens (including phenoxy) is 3. The zero-order valence-corrected chi connectivity index (χ0v) is 17.9. The average molecular weight is 414 g/mol.